The average Bonchev–Trinajstić information content (AvgIpc) is 1.58. The number of ether oxygens (including phenoxy) is 1. The van der Waals surface area contributed by atoms with Crippen molar-refractivity contribution in [2.75, 3.05) is 0 Å². The molecule has 0 radical (unpaired) electrons. The van der Waals surface area contributed by atoms with Crippen molar-refractivity contribution >= 4 is 23.3 Å². The van der Waals surface area contributed by atoms with Crippen molar-refractivity contribution in [1.82, 2.24) is 0 Å². The third-order valence-corrected chi connectivity index (χ3v) is 0.614. The summed E-state index contributed by atoms with van der Waals surface area (Å²) in [5, 5.41) is 9.36. The SMILES string of the molecule is O=C([O-])OC(=O)O[SH](=O)=O.[Na+]. The number of carboxylic acid groups (broad SMARTS) is 1. The van der Waals surface area contributed by atoms with Crippen LogP contribution in [0.1, 0.15) is 0 Å². The Labute approximate surface area is 84.7 Å². The second-order valence-corrected chi connectivity index (χ2v) is 1.55. The molecule has 0 aromatic heterocycles. The first kappa shape index (κ1) is 13.3. The van der Waals surface area contributed by atoms with E-state index in [4.69, 9.17) is 0 Å². The molecule has 0 amide bonds. The Hall–Kier alpha value is -0.310. The first-order valence-electron chi connectivity index (χ1n) is 1.77. The van der Waals surface area contributed by atoms with E-state index in [9.17, 15) is 23.1 Å². The van der Waals surface area contributed by atoms with Crippen LogP contribution in [-0.4, -0.2) is 20.7 Å². The van der Waals surface area contributed by atoms with Crippen molar-refractivity contribution in [3.05, 3.63) is 0 Å². The molecule has 0 spiro atoms. The van der Waals surface area contributed by atoms with Crippen LogP contribution in [0.25, 0.3) is 0 Å². The Balaban J connectivity index is 0. The fourth-order valence-electron chi connectivity index (χ4n) is 0.148. The zero-order chi connectivity index (χ0) is 8.15. The summed E-state index contributed by atoms with van der Waals surface area (Å²) in [5.41, 5.74) is 0. The predicted octanol–water partition coefficient (Wildman–Crippen LogP) is -4.99. The van der Waals surface area contributed by atoms with Gasteiger partial charge in [-0.25, -0.2) is 4.79 Å². The van der Waals surface area contributed by atoms with Crippen LogP contribution in [-0.2, 0) is 19.9 Å². The molecule has 0 saturated heterocycles. The van der Waals surface area contributed by atoms with E-state index in [1.54, 1.807) is 0 Å². The van der Waals surface area contributed by atoms with E-state index in [2.05, 4.69) is 8.92 Å². The van der Waals surface area contributed by atoms with Crippen molar-refractivity contribution in [3.8, 4) is 0 Å². The maximum absolute atomic E-state index is 9.81. The largest absolute Gasteiger partial charge is 1.00 e. The van der Waals surface area contributed by atoms with Crippen molar-refractivity contribution in [2.24, 2.45) is 0 Å². The third kappa shape index (κ3) is 9.69. The molecule has 0 aromatic carbocycles. The Kier molecular flexibility index (Phi) is 7.74. The van der Waals surface area contributed by atoms with Crippen LogP contribution in [0.2, 0.25) is 0 Å². The van der Waals surface area contributed by atoms with E-state index >= 15 is 0 Å². The van der Waals surface area contributed by atoms with E-state index in [1.807, 2.05) is 0 Å². The fourth-order valence-corrected chi connectivity index (χ4v) is 0.307. The molecule has 0 aliphatic heterocycles. The molecule has 0 aliphatic carbocycles. The maximum Gasteiger partial charge on any atom is 1.00 e. The molecular formula is C2HNaO7S. The predicted molar refractivity (Wildman–Crippen MR) is 23.3 cm³/mol. The van der Waals surface area contributed by atoms with Gasteiger partial charge in [0.15, 0.2) is 0 Å². The van der Waals surface area contributed by atoms with Crippen LogP contribution < -0.4 is 34.7 Å². The molecule has 0 rings (SSSR count). The monoisotopic (exact) mass is 192 g/mol. The quantitative estimate of drug-likeness (QED) is 0.192. The minimum absolute atomic E-state index is 0. The number of hydrogen-bond acceptors (Lipinski definition) is 7. The number of rotatable bonds is 1. The van der Waals surface area contributed by atoms with Gasteiger partial charge in [-0.3, -0.25) is 0 Å². The van der Waals surface area contributed by atoms with E-state index in [0.717, 1.165) is 0 Å². The minimum Gasteiger partial charge on any atom is -0.452 e. The van der Waals surface area contributed by atoms with Gasteiger partial charge in [-0.15, -0.1) is 0 Å². The fraction of sp³-hybridized carbons (Fsp3) is 0. The summed E-state index contributed by atoms with van der Waals surface area (Å²) in [5.74, 6) is 0. The van der Waals surface area contributed by atoms with Crippen LogP contribution >= 0.6 is 0 Å². The van der Waals surface area contributed by atoms with E-state index in [0.29, 0.717) is 0 Å². The Morgan fingerprint density at radius 1 is 1.27 bits per heavy atom. The van der Waals surface area contributed by atoms with Crippen molar-refractivity contribution in [2.45, 2.75) is 0 Å². The van der Waals surface area contributed by atoms with E-state index in [1.165, 1.54) is 0 Å². The Morgan fingerprint density at radius 2 is 1.73 bits per heavy atom. The van der Waals surface area contributed by atoms with Gasteiger partial charge in [0.2, 0.25) is 0 Å². The molecule has 0 N–H and O–H groups in total. The summed E-state index contributed by atoms with van der Waals surface area (Å²) < 4.78 is 25.3. The second-order valence-electron chi connectivity index (χ2n) is 0.917. The van der Waals surface area contributed by atoms with Gasteiger partial charge in [-0.05, 0) is 0 Å². The van der Waals surface area contributed by atoms with Crippen molar-refractivity contribution in [1.29, 1.82) is 0 Å². The molecule has 7 nitrogen and oxygen atoms in total. The standard InChI is InChI=1S/C2H2O7S.Na/c3-1(4)8-2(5)9-10(6)7;/h10H,(H,3,4);/q;+1/p-1. The molecule has 0 atom stereocenters. The molecule has 0 unspecified atom stereocenters. The van der Waals surface area contributed by atoms with Crippen LogP contribution in [0.15, 0.2) is 0 Å². The van der Waals surface area contributed by atoms with E-state index in [-0.39, 0.29) is 29.6 Å². The zero-order valence-electron chi connectivity index (χ0n) is 5.30. The molecule has 0 aliphatic rings. The van der Waals surface area contributed by atoms with Gasteiger partial charge < -0.3 is 18.8 Å². The molecule has 11 heavy (non-hydrogen) atoms. The summed E-state index contributed by atoms with van der Waals surface area (Å²) in [7, 11) is -3.44. The Morgan fingerprint density at radius 3 is 2.00 bits per heavy atom. The number of carbonyl (C=O) groups excluding carboxylic acids is 2. The van der Waals surface area contributed by atoms with Gasteiger partial charge in [0.1, 0.15) is 0 Å². The third-order valence-electron chi connectivity index (χ3n) is 0.316. The van der Waals surface area contributed by atoms with Gasteiger partial charge in [-0.2, -0.15) is 8.42 Å². The summed E-state index contributed by atoms with van der Waals surface area (Å²) in [4.78, 5) is 19.2. The van der Waals surface area contributed by atoms with Gasteiger partial charge in [0, 0.05) is 0 Å². The molecule has 0 heterocycles. The number of carbonyl (C=O) groups is 2. The first-order chi connectivity index (χ1) is 4.52. The van der Waals surface area contributed by atoms with Crippen LogP contribution in [0, 0.1) is 0 Å². The first-order valence-corrected chi connectivity index (χ1v) is 2.87. The second kappa shape index (κ2) is 6.40. The maximum atomic E-state index is 9.81. The van der Waals surface area contributed by atoms with Gasteiger partial charge in [-0.1, -0.05) is 0 Å². The van der Waals surface area contributed by atoms with Gasteiger partial charge in [0.05, 0.1) is 0 Å². The molecule has 0 bridgehead atoms. The number of hydrogen-bond donors (Lipinski definition) is 1. The topological polar surface area (TPSA) is 110 Å². The summed E-state index contributed by atoms with van der Waals surface area (Å²) in [6.07, 6.45) is -4.03. The molecule has 0 aromatic rings. The van der Waals surface area contributed by atoms with Gasteiger partial charge >= 0.3 is 46.7 Å². The van der Waals surface area contributed by atoms with Crippen molar-refractivity contribution in [3.63, 3.8) is 0 Å². The summed E-state index contributed by atoms with van der Waals surface area (Å²) >= 11 is 0. The molecule has 58 valence electrons. The average molecular weight is 192 g/mol. The molecule has 0 saturated carbocycles. The summed E-state index contributed by atoms with van der Waals surface area (Å²) in [6, 6.07) is 0. The van der Waals surface area contributed by atoms with Gasteiger partial charge in [0.25, 0.3) is 6.16 Å². The minimum atomic E-state index is -3.44. The van der Waals surface area contributed by atoms with Crippen LogP contribution in [0.5, 0.6) is 0 Å². The normalized spacial score (nSPS) is 8.09. The Bertz CT molecular complexity index is 210. The van der Waals surface area contributed by atoms with Crippen molar-refractivity contribution < 1.29 is 61.6 Å². The van der Waals surface area contributed by atoms with E-state index < -0.39 is 23.3 Å². The number of thiol groups is 1. The molecule has 9 heteroatoms. The van der Waals surface area contributed by atoms with Crippen LogP contribution in [0.4, 0.5) is 9.59 Å². The zero-order valence-corrected chi connectivity index (χ0v) is 8.20. The molecular weight excluding hydrogens is 191 g/mol. The molecule has 0 fully saturated rings. The summed E-state index contributed by atoms with van der Waals surface area (Å²) in [6.45, 7) is 0. The van der Waals surface area contributed by atoms with Crippen LogP contribution in [0.3, 0.4) is 0 Å². The smallest absolute Gasteiger partial charge is 0.452 e.